The fourth-order valence-corrected chi connectivity index (χ4v) is 2.80. The van der Waals surface area contributed by atoms with Gasteiger partial charge in [0.25, 0.3) is 5.56 Å². The van der Waals surface area contributed by atoms with E-state index >= 15 is 0 Å². The molecule has 0 saturated carbocycles. The molecule has 0 unspecified atom stereocenters. The molecule has 7 heteroatoms. The summed E-state index contributed by atoms with van der Waals surface area (Å²) in [7, 11) is 0. The zero-order valence-electron chi connectivity index (χ0n) is 14.9. The Bertz CT molecular complexity index is 1040. The highest BCUT2D eigenvalue weighted by molar-refractivity contribution is 5.97. The number of hydrogen-bond acceptors (Lipinski definition) is 2. The second kappa shape index (κ2) is 7.72. The molecule has 2 aromatic carbocycles. The number of nitrogens with one attached hydrogen (secondary N) is 1. The lowest BCUT2D eigenvalue weighted by atomic mass is 10.0. The van der Waals surface area contributed by atoms with Gasteiger partial charge in [-0.1, -0.05) is 48.5 Å². The molecule has 28 heavy (non-hydrogen) atoms. The van der Waals surface area contributed by atoms with Crippen molar-refractivity contribution in [3.05, 3.63) is 88.8 Å². The normalized spacial score (nSPS) is 12.4. The average molecular weight is 386 g/mol. The van der Waals surface area contributed by atoms with Crippen molar-refractivity contribution in [2.24, 2.45) is 0 Å². The summed E-state index contributed by atoms with van der Waals surface area (Å²) in [5, 5.41) is 2.71. The van der Waals surface area contributed by atoms with Crippen molar-refractivity contribution < 1.29 is 18.0 Å². The minimum absolute atomic E-state index is 0.505. The smallest absolute Gasteiger partial charge is 0.324 e. The summed E-state index contributed by atoms with van der Waals surface area (Å²) in [5.74, 6) is -0.593. The van der Waals surface area contributed by atoms with E-state index in [1.807, 2.05) is 42.5 Å². The van der Waals surface area contributed by atoms with Crippen LogP contribution < -0.4 is 10.9 Å². The SMILES string of the molecule is C[C@H](C(=O)Nc1ccccc1-c1ccccc1)n1cc(C(F)(F)F)ccc1=O. The molecule has 0 saturated heterocycles. The van der Waals surface area contributed by atoms with Crippen LogP contribution in [0.1, 0.15) is 18.5 Å². The first-order chi connectivity index (χ1) is 13.3. The molecule has 0 fully saturated rings. The van der Waals surface area contributed by atoms with Crippen molar-refractivity contribution in [3.8, 4) is 11.1 Å². The second-order valence-corrected chi connectivity index (χ2v) is 6.24. The first kappa shape index (κ1) is 19.4. The molecule has 0 aliphatic heterocycles. The van der Waals surface area contributed by atoms with E-state index in [0.29, 0.717) is 18.0 Å². The molecule has 3 aromatic rings. The molecule has 3 rings (SSSR count). The second-order valence-electron chi connectivity index (χ2n) is 6.24. The molecular formula is C21H17F3N2O2. The highest BCUT2D eigenvalue weighted by atomic mass is 19.4. The van der Waals surface area contributed by atoms with Gasteiger partial charge >= 0.3 is 6.18 Å². The van der Waals surface area contributed by atoms with Crippen LogP contribution in [-0.4, -0.2) is 10.5 Å². The van der Waals surface area contributed by atoms with E-state index < -0.39 is 29.2 Å². The maximum Gasteiger partial charge on any atom is 0.417 e. The molecule has 1 atom stereocenters. The number of aromatic nitrogens is 1. The zero-order valence-corrected chi connectivity index (χ0v) is 14.9. The maximum absolute atomic E-state index is 12.9. The van der Waals surface area contributed by atoms with Gasteiger partial charge in [0, 0.05) is 23.5 Å². The van der Waals surface area contributed by atoms with Crippen LogP contribution in [0.25, 0.3) is 11.1 Å². The number of carbonyl (C=O) groups excluding carboxylic acids is 1. The van der Waals surface area contributed by atoms with E-state index in [9.17, 15) is 22.8 Å². The predicted molar refractivity (Wildman–Crippen MR) is 101 cm³/mol. The van der Waals surface area contributed by atoms with Gasteiger partial charge in [0.2, 0.25) is 5.91 Å². The molecule has 0 aliphatic rings. The van der Waals surface area contributed by atoms with Crippen LogP contribution in [0.5, 0.6) is 0 Å². The summed E-state index contributed by atoms with van der Waals surface area (Å²) in [4.78, 5) is 24.7. The van der Waals surface area contributed by atoms with Crippen molar-refractivity contribution in [2.45, 2.75) is 19.1 Å². The third-order valence-corrected chi connectivity index (χ3v) is 4.33. The van der Waals surface area contributed by atoms with Crippen LogP contribution in [0.15, 0.2) is 77.7 Å². The van der Waals surface area contributed by atoms with Crippen molar-refractivity contribution in [2.75, 3.05) is 5.32 Å². The number of pyridine rings is 1. The third-order valence-electron chi connectivity index (χ3n) is 4.33. The Labute approximate surface area is 159 Å². The third kappa shape index (κ3) is 4.14. The number of halogens is 3. The Kier molecular flexibility index (Phi) is 5.35. The number of para-hydroxylation sites is 1. The van der Waals surface area contributed by atoms with Crippen LogP contribution >= 0.6 is 0 Å². The molecule has 0 spiro atoms. The lowest BCUT2D eigenvalue weighted by molar-refractivity contribution is -0.138. The Morgan fingerprint density at radius 3 is 2.29 bits per heavy atom. The van der Waals surface area contributed by atoms with E-state index in [1.165, 1.54) is 6.92 Å². The Morgan fingerprint density at radius 1 is 0.964 bits per heavy atom. The summed E-state index contributed by atoms with van der Waals surface area (Å²) in [5.41, 5.74) is 0.469. The largest absolute Gasteiger partial charge is 0.417 e. The summed E-state index contributed by atoms with van der Waals surface area (Å²) in [6.45, 7) is 1.38. The van der Waals surface area contributed by atoms with Gasteiger partial charge < -0.3 is 9.88 Å². The number of carbonyl (C=O) groups is 1. The van der Waals surface area contributed by atoms with Gasteiger partial charge in [0.1, 0.15) is 6.04 Å². The summed E-state index contributed by atoms with van der Waals surface area (Å²) in [6, 6.07) is 16.8. The molecular weight excluding hydrogens is 369 g/mol. The number of anilines is 1. The van der Waals surface area contributed by atoms with Crippen LogP contribution in [0, 0.1) is 0 Å². The van der Waals surface area contributed by atoms with Crippen LogP contribution in [0.2, 0.25) is 0 Å². The average Bonchev–Trinajstić information content (AvgIpc) is 2.68. The van der Waals surface area contributed by atoms with Gasteiger partial charge in [-0.25, -0.2) is 0 Å². The van der Waals surface area contributed by atoms with E-state index in [-0.39, 0.29) is 0 Å². The summed E-state index contributed by atoms with van der Waals surface area (Å²) >= 11 is 0. The Morgan fingerprint density at radius 2 is 1.61 bits per heavy atom. The van der Waals surface area contributed by atoms with Gasteiger partial charge in [0.15, 0.2) is 0 Å². The Balaban J connectivity index is 1.90. The topological polar surface area (TPSA) is 51.1 Å². The number of nitrogens with zero attached hydrogens (tertiary/aromatic N) is 1. The highest BCUT2D eigenvalue weighted by Crippen LogP contribution is 2.30. The minimum atomic E-state index is -4.61. The Hall–Kier alpha value is -3.35. The van der Waals surface area contributed by atoms with E-state index in [2.05, 4.69) is 5.32 Å². The molecule has 0 bridgehead atoms. The monoisotopic (exact) mass is 386 g/mol. The highest BCUT2D eigenvalue weighted by Gasteiger charge is 2.32. The van der Waals surface area contributed by atoms with Gasteiger partial charge in [-0.2, -0.15) is 13.2 Å². The van der Waals surface area contributed by atoms with Gasteiger partial charge in [-0.15, -0.1) is 0 Å². The molecule has 0 aliphatic carbocycles. The fraction of sp³-hybridized carbons (Fsp3) is 0.143. The maximum atomic E-state index is 12.9. The number of benzene rings is 2. The molecule has 1 amide bonds. The van der Waals surface area contributed by atoms with E-state index in [0.717, 1.165) is 21.8 Å². The number of hydrogen-bond donors (Lipinski definition) is 1. The van der Waals surface area contributed by atoms with Gasteiger partial charge in [-0.3, -0.25) is 9.59 Å². The first-order valence-corrected chi connectivity index (χ1v) is 8.52. The zero-order chi connectivity index (χ0) is 20.3. The van der Waals surface area contributed by atoms with Gasteiger partial charge in [-0.05, 0) is 24.6 Å². The fourth-order valence-electron chi connectivity index (χ4n) is 2.80. The quantitative estimate of drug-likeness (QED) is 0.705. The van der Waals surface area contributed by atoms with Crippen LogP contribution in [-0.2, 0) is 11.0 Å². The lowest BCUT2D eigenvalue weighted by Gasteiger charge is -2.18. The van der Waals surface area contributed by atoms with Crippen molar-refractivity contribution in [1.82, 2.24) is 4.57 Å². The van der Waals surface area contributed by atoms with E-state index in [4.69, 9.17) is 0 Å². The van der Waals surface area contributed by atoms with Crippen LogP contribution in [0.3, 0.4) is 0 Å². The van der Waals surface area contributed by atoms with Crippen LogP contribution in [0.4, 0.5) is 18.9 Å². The molecule has 1 N–H and O–H groups in total. The number of amides is 1. The first-order valence-electron chi connectivity index (χ1n) is 8.52. The summed E-state index contributed by atoms with van der Waals surface area (Å²) < 4.78 is 39.6. The standard InChI is InChI=1S/C21H17F3N2O2/c1-14(26-13-16(21(22,23)24)11-12-19(26)27)20(28)25-18-10-6-5-9-17(18)15-7-3-2-4-8-15/h2-14H,1H3,(H,25,28)/t14-/m1/s1. The minimum Gasteiger partial charge on any atom is -0.324 e. The molecule has 1 aromatic heterocycles. The molecule has 0 radical (unpaired) electrons. The van der Waals surface area contributed by atoms with E-state index in [1.54, 1.807) is 12.1 Å². The lowest BCUT2D eigenvalue weighted by Crippen LogP contribution is -2.32. The molecule has 1 heterocycles. The van der Waals surface area contributed by atoms with Crippen molar-refractivity contribution in [3.63, 3.8) is 0 Å². The summed E-state index contributed by atoms with van der Waals surface area (Å²) in [6.07, 6.45) is -3.94. The predicted octanol–water partition coefficient (Wildman–Crippen LogP) is 4.73. The molecule has 4 nitrogen and oxygen atoms in total. The number of alkyl halides is 3. The van der Waals surface area contributed by atoms with Gasteiger partial charge in [0.05, 0.1) is 5.56 Å². The van der Waals surface area contributed by atoms with Crippen molar-refractivity contribution >= 4 is 11.6 Å². The number of rotatable bonds is 4. The van der Waals surface area contributed by atoms with Crippen molar-refractivity contribution in [1.29, 1.82) is 0 Å². The molecule has 144 valence electrons.